The van der Waals surface area contributed by atoms with Crippen LogP contribution in [0.15, 0.2) is 60.7 Å². The highest BCUT2D eigenvalue weighted by atomic mass is 16.6. The molecule has 33 heavy (non-hydrogen) atoms. The van der Waals surface area contributed by atoms with Crippen LogP contribution in [-0.2, 0) is 10.2 Å². The summed E-state index contributed by atoms with van der Waals surface area (Å²) in [5.41, 5.74) is 1.35. The van der Waals surface area contributed by atoms with Gasteiger partial charge in [-0.25, -0.2) is 4.68 Å². The molecule has 0 aliphatic rings. The summed E-state index contributed by atoms with van der Waals surface area (Å²) in [6.07, 6.45) is 0. The summed E-state index contributed by atoms with van der Waals surface area (Å²) >= 11 is 0. The third kappa shape index (κ3) is 5.62. The van der Waals surface area contributed by atoms with Crippen molar-refractivity contribution in [3.05, 3.63) is 82.0 Å². The number of anilines is 1. The lowest BCUT2D eigenvalue weighted by molar-refractivity contribution is -0.384. The van der Waals surface area contributed by atoms with Gasteiger partial charge in [-0.05, 0) is 25.1 Å². The van der Waals surface area contributed by atoms with Gasteiger partial charge in [0.2, 0.25) is 5.91 Å². The molecule has 0 radical (unpaired) electrons. The monoisotopic (exact) mass is 449 g/mol. The topological polar surface area (TPSA) is 110 Å². The van der Waals surface area contributed by atoms with Crippen LogP contribution >= 0.6 is 0 Å². The van der Waals surface area contributed by atoms with Gasteiger partial charge in [0.05, 0.1) is 16.3 Å². The largest absolute Gasteiger partial charge is 0.330 e. The number of likely N-dealkylation sites (N-methyl/N-ethyl adjacent to an activating group) is 1. The molecule has 3 rings (SSSR count). The molecule has 0 fully saturated rings. The van der Waals surface area contributed by atoms with Crippen molar-refractivity contribution >= 4 is 23.3 Å². The second kappa shape index (κ2) is 9.64. The number of nitro groups is 1. The van der Waals surface area contributed by atoms with Gasteiger partial charge in [-0.2, -0.15) is 5.10 Å². The van der Waals surface area contributed by atoms with Gasteiger partial charge in [-0.15, -0.1) is 0 Å². The first-order valence-corrected chi connectivity index (χ1v) is 10.6. The minimum absolute atomic E-state index is 0.156. The van der Waals surface area contributed by atoms with E-state index in [2.05, 4.69) is 10.4 Å². The van der Waals surface area contributed by atoms with Gasteiger partial charge >= 0.3 is 0 Å². The van der Waals surface area contributed by atoms with Crippen LogP contribution in [0.2, 0.25) is 0 Å². The van der Waals surface area contributed by atoms with E-state index in [-0.39, 0.29) is 29.8 Å². The minimum Gasteiger partial charge on any atom is -0.330 e. The van der Waals surface area contributed by atoms with E-state index in [1.807, 2.05) is 57.2 Å². The third-order valence-corrected chi connectivity index (χ3v) is 5.05. The molecule has 9 nitrogen and oxygen atoms in total. The van der Waals surface area contributed by atoms with Crippen LogP contribution in [0, 0.1) is 10.1 Å². The number of non-ortho nitro benzene ring substituents is 1. The molecule has 172 valence electrons. The van der Waals surface area contributed by atoms with Crippen LogP contribution in [0.5, 0.6) is 0 Å². The van der Waals surface area contributed by atoms with Crippen molar-refractivity contribution < 1.29 is 14.5 Å². The summed E-state index contributed by atoms with van der Waals surface area (Å²) in [4.78, 5) is 37.6. The average Bonchev–Trinajstić information content (AvgIpc) is 3.22. The fraction of sp³-hybridized carbons (Fsp3) is 0.292. The summed E-state index contributed by atoms with van der Waals surface area (Å²) in [5, 5.41) is 18.6. The molecule has 0 unspecified atom stereocenters. The number of carbonyl (C=O) groups excluding carboxylic acids is 2. The van der Waals surface area contributed by atoms with Gasteiger partial charge in [-0.3, -0.25) is 19.7 Å². The molecular weight excluding hydrogens is 422 g/mol. The van der Waals surface area contributed by atoms with E-state index >= 15 is 0 Å². The Balaban J connectivity index is 1.82. The first kappa shape index (κ1) is 23.6. The van der Waals surface area contributed by atoms with Gasteiger partial charge in [0, 0.05) is 35.7 Å². The van der Waals surface area contributed by atoms with Gasteiger partial charge in [0.15, 0.2) is 0 Å². The molecule has 0 saturated carbocycles. The molecule has 9 heteroatoms. The Morgan fingerprint density at radius 3 is 2.39 bits per heavy atom. The number of nitrogens with one attached hydrogen (secondary N) is 1. The number of nitrogens with zero attached hydrogens (tertiary/aromatic N) is 4. The standard InChI is InChI=1S/C24H27N5O4/c1-5-27(23(31)17-10-9-13-19(14-17)29(32)33)16-22(30)25-21-15-20(24(2,3)4)26-28(21)18-11-7-6-8-12-18/h6-15H,5,16H2,1-4H3,(H,25,30). The lowest BCUT2D eigenvalue weighted by Crippen LogP contribution is -2.38. The highest BCUT2D eigenvalue weighted by Crippen LogP contribution is 2.26. The van der Waals surface area contributed by atoms with E-state index in [9.17, 15) is 19.7 Å². The maximum Gasteiger partial charge on any atom is 0.270 e. The molecule has 1 N–H and O–H groups in total. The number of nitro benzene ring substituents is 1. The number of amides is 2. The molecule has 2 aromatic carbocycles. The van der Waals surface area contributed by atoms with E-state index < -0.39 is 16.7 Å². The average molecular weight is 450 g/mol. The number of hydrogen-bond donors (Lipinski definition) is 1. The molecule has 1 heterocycles. The van der Waals surface area contributed by atoms with Gasteiger partial charge in [0.25, 0.3) is 11.6 Å². The first-order valence-electron chi connectivity index (χ1n) is 10.6. The van der Waals surface area contributed by atoms with Crippen LogP contribution < -0.4 is 5.32 Å². The van der Waals surface area contributed by atoms with Gasteiger partial charge < -0.3 is 10.2 Å². The lowest BCUT2D eigenvalue weighted by atomic mass is 9.92. The summed E-state index contributed by atoms with van der Waals surface area (Å²) in [6, 6.07) is 16.7. The quantitative estimate of drug-likeness (QED) is 0.430. The minimum atomic E-state index is -0.558. The number of carbonyl (C=O) groups is 2. The first-order chi connectivity index (χ1) is 15.6. The Bertz CT molecular complexity index is 1170. The van der Waals surface area contributed by atoms with E-state index in [0.29, 0.717) is 5.82 Å². The molecule has 0 aliphatic carbocycles. The highest BCUT2D eigenvalue weighted by Gasteiger charge is 2.23. The van der Waals surface area contributed by atoms with Crippen LogP contribution in [-0.4, -0.2) is 44.5 Å². The highest BCUT2D eigenvalue weighted by molar-refractivity contribution is 5.99. The van der Waals surface area contributed by atoms with E-state index in [1.165, 1.54) is 29.2 Å². The number of hydrogen-bond acceptors (Lipinski definition) is 5. The maximum absolute atomic E-state index is 12.9. The summed E-state index contributed by atoms with van der Waals surface area (Å²) in [6.45, 7) is 7.91. The number of rotatable bonds is 7. The number of benzene rings is 2. The van der Waals surface area contributed by atoms with Crippen LogP contribution in [0.3, 0.4) is 0 Å². The van der Waals surface area contributed by atoms with Gasteiger partial charge in [-0.1, -0.05) is 45.0 Å². The van der Waals surface area contributed by atoms with Gasteiger partial charge in [0.1, 0.15) is 12.4 Å². The molecule has 0 aliphatic heterocycles. The van der Waals surface area contributed by atoms with Crippen molar-refractivity contribution in [3.8, 4) is 5.69 Å². The SMILES string of the molecule is CCN(CC(=O)Nc1cc(C(C)(C)C)nn1-c1ccccc1)C(=O)c1cccc([N+](=O)[O-])c1. The summed E-state index contributed by atoms with van der Waals surface area (Å²) in [7, 11) is 0. The van der Waals surface area contributed by atoms with Crippen molar-refractivity contribution in [3.63, 3.8) is 0 Å². The second-order valence-corrected chi connectivity index (χ2v) is 8.59. The van der Waals surface area contributed by atoms with Crippen LogP contribution in [0.1, 0.15) is 43.7 Å². The van der Waals surface area contributed by atoms with E-state index in [0.717, 1.165) is 11.4 Å². The van der Waals surface area contributed by atoms with Crippen molar-refractivity contribution in [1.29, 1.82) is 0 Å². The molecule has 1 aromatic heterocycles. The summed E-state index contributed by atoms with van der Waals surface area (Å²) in [5.74, 6) is -0.355. The van der Waals surface area contributed by atoms with Crippen LogP contribution in [0.4, 0.5) is 11.5 Å². The zero-order chi connectivity index (χ0) is 24.2. The normalized spacial score (nSPS) is 11.2. The fourth-order valence-electron chi connectivity index (χ4n) is 3.22. The molecule has 2 amide bonds. The Morgan fingerprint density at radius 1 is 1.09 bits per heavy atom. The van der Waals surface area contributed by atoms with Crippen molar-refractivity contribution in [2.45, 2.75) is 33.1 Å². The fourth-order valence-corrected chi connectivity index (χ4v) is 3.22. The predicted octanol–water partition coefficient (Wildman–Crippen LogP) is 4.18. The molecule has 0 atom stereocenters. The Labute approximate surface area is 192 Å². The summed E-state index contributed by atoms with van der Waals surface area (Å²) < 4.78 is 1.66. The third-order valence-electron chi connectivity index (χ3n) is 5.05. The smallest absolute Gasteiger partial charge is 0.270 e. The number of aromatic nitrogens is 2. The predicted molar refractivity (Wildman–Crippen MR) is 126 cm³/mol. The maximum atomic E-state index is 12.9. The number of para-hydroxylation sites is 1. The Morgan fingerprint density at radius 2 is 1.79 bits per heavy atom. The Kier molecular flexibility index (Phi) is 6.91. The lowest BCUT2D eigenvalue weighted by Gasteiger charge is -2.20. The van der Waals surface area contributed by atoms with Crippen molar-refractivity contribution in [2.75, 3.05) is 18.4 Å². The van der Waals surface area contributed by atoms with E-state index in [4.69, 9.17) is 0 Å². The molecule has 3 aromatic rings. The van der Waals surface area contributed by atoms with Crippen molar-refractivity contribution in [1.82, 2.24) is 14.7 Å². The zero-order valence-corrected chi connectivity index (χ0v) is 19.1. The zero-order valence-electron chi connectivity index (χ0n) is 19.1. The van der Waals surface area contributed by atoms with Crippen LogP contribution in [0.25, 0.3) is 5.69 Å². The second-order valence-electron chi connectivity index (χ2n) is 8.59. The molecule has 0 saturated heterocycles. The molecule has 0 spiro atoms. The Hall–Kier alpha value is -4.01. The van der Waals surface area contributed by atoms with Crippen molar-refractivity contribution in [2.24, 2.45) is 0 Å². The van der Waals surface area contributed by atoms with E-state index in [1.54, 1.807) is 11.6 Å². The molecule has 0 bridgehead atoms. The molecular formula is C24H27N5O4.